The number of carbonyl (C=O) groups is 1. The highest BCUT2D eigenvalue weighted by atomic mass is 19.4. The number of carboxylic acid groups (broad SMARTS) is 1. The maximum absolute atomic E-state index is 12.5. The number of nitrogens with one attached hydrogen (secondary N) is 1. The molecule has 0 heterocycles. The molecule has 19 heavy (non-hydrogen) atoms. The summed E-state index contributed by atoms with van der Waals surface area (Å²) >= 11 is 0. The van der Waals surface area contributed by atoms with E-state index < -0.39 is 30.3 Å². The molecule has 0 aromatic rings. The summed E-state index contributed by atoms with van der Waals surface area (Å²) in [6.07, 6.45) is -4.20. The summed E-state index contributed by atoms with van der Waals surface area (Å²) < 4.78 is 37.6. The lowest BCUT2D eigenvalue weighted by Gasteiger charge is -2.37. The average Bonchev–Trinajstić information content (AvgIpc) is 2.23. The number of aliphatic carboxylic acids is 1. The Balaban J connectivity index is 4.92. The predicted octanol–water partition coefficient (Wildman–Crippen LogP) is 2.10. The quantitative estimate of drug-likeness (QED) is 0.752. The van der Waals surface area contributed by atoms with Crippen molar-refractivity contribution >= 4 is 5.97 Å². The highest BCUT2D eigenvalue weighted by Gasteiger charge is 2.38. The van der Waals surface area contributed by atoms with E-state index in [0.29, 0.717) is 0 Å². The molecule has 0 amide bonds. The van der Waals surface area contributed by atoms with Crippen LogP contribution in [0.15, 0.2) is 0 Å². The van der Waals surface area contributed by atoms with Gasteiger partial charge in [-0.2, -0.15) is 13.2 Å². The van der Waals surface area contributed by atoms with E-state index in [9.17, 15) is 18.0 Å². The number of halogens is 3. The minimum absolute atomic E-state index is 0.0904. The van der Waals surface area contributed by atoms with Crippen molar-refractivity contribution in [1.82, 2.24) is 10.2 Å². The molecule has 0 fully saturated rings. The fraction of sp³-hybridized carbons (Fsp3) is 0.917. The molecule has 0 bridgehead atoms. The number of rotatable bonds is 7. The lowest BCUT2D eigenvalue weighted by Crippen LogP contribution is -2.54. The molecule has 0 aliphatic rings. The van der Waals surface area contributed by atoms with E-state index in [1.54, 1.807) is 20.8 Å². The average molecular weight is 284 g/mol. The Morgan fingerprint density at radius 2 is 1.79 bits per heavy atom. The third-order valence-corrected chi connectivity index (χ3v) is 3.32. The van der Waals surface area contributed by atoms with E-state index in [0.717, 1.165) is 0 Å². The second kappa shape index (κ2) is 6.56. The monoisotopic (exact) mass is 284 g/mol. The van der Waals surface area contributed by atoms with Gasteiger partial charge in [-0.25, -0.2) is 0 Å². The zero-order valence-electron chi connectivity index (χ0n) is 12.0. The molecule has 0 aliphatic heterocycles. The van der Waals surface area contributed by atoms with E-state index in [1.165, 1.54) is 18.9 Å². The van der Waals surface area contributed by atoms with Crippen LogP contribution in [-0.2, 0) is 4.79 Å². The van der Waals surface area contributed by atoms with Crippen LogP contribution in [0.5, 0.6) is 0 Å². The number of likely N-dealkylation sites (N-methyl/N-ethyl adjacent to an activating group) is 1. The first-order valence-corrected chi connectivity index (χ1v) is 6.17. The van der Waals surface area contributed by atoms with Gasteiger partial charge in [-0.05, 0) is 41.2 Å². The normalized spacial score (nSPS) is 17.6. The first-order chi connectivity index (χ1) is 8.43. The predicted molar refractivity (Wildman–Crippen MR) is 67.1 cm³/mol. The SMILES string of the molecule is CNC(C)(CC(C)N(CC(F)(F)F)C(C)C)C(=O)O. The van der Waals surface area contributed by atoms with E-state index >= 15 is 0 Å². The fourth-order valence-electron chi connectivity index (χ4n) is 2.06. The van der Waals surface area contributed by atoms with Gasteiger partial charge < -0.3 is 10.4 Å². The van der Waals surface area contributed by atoms with E-state index in [4.69, 9.17) is 5.11 Å². The molecule has 114 valence electrons. The van der Waals surface area contributed by atoms with Gasteiger partial charge in [-0.3, -0.25) is 9.69 Å². The molecule has 0 aromatic heterocycles. The number of carboxylic acids is 1. The van der Waals surface area contributed by atoms with Crippen molar-refractivity contribution in [2.24, 2.45) is 0 Å². The highest BCUT2D eigenvalue weighted by Crippen LogP contribution is 2.23. The van der Waals surface area contributed by atoms with Crippen LogP contribution in [0.3, 0.4) is 0 Å². The fourth-order valence-corrected chi connectivity index (χ4v) is 2.06. The van der Waals surface area contributed by atoms with Crippen molar-refractivity contribution < 1.29 is 23.1 Å². The maximum atomic E-state index is 12.5. The van der Waals surface area contributed by atoms with Gasteiger partial charge in [-0.15, -0.1) is 0 Å². The molecule has 2 N–H and O–H groups in total. The van der Waals surface area contributed by atoms with Crippen LogP contribution in [0.2, 0.25) is 0 Å². The zero-order chi connectivity index (χ0) is 15.4. The topological polar surface area (TPSA) is 52.6 Å². The van der Waals surface area contributed by atoms with Crippen LogP contribution in [0.4, 0.5) is 13.2 Å². The number of alkyl halides is 3. The van der Waals surface area contributed by atoms with Crippen LogP contribution in [-0.4, -0.2) is 53.4 Å². The standard InChI is InChI=1S/C12H23F3N2O2/c1-8(2)17(7-12(13,14)15)9(3)6-11(4,16-5)10(18)19/h8-9,16H,6-7H2,1-5H3,(H,18,19). The smallest absolute Gasteiger partial charge is 0.401 e. The summed E-state index contributed by atoms with van der Waals surface area (Å²) in [6.45, 7) is 5.38. The van der Waals surface area contributed by atoms with Crippen LogP contribution >= 0.6 is 0 Å². The minimum atomic E-state index is -4.29. The first-order valence-electron chi connectivity index (χ1n) is 6.17. The van der Waals surface area contributed by atoms with E-state index in [2.05, 4.69) is 5.32 Å². The number of hydrogen-bond acceptors (Lipinski definition) is 3. The summed E-state index contributed by atoms with van der Waals surface area (Å²) in [5.41, 5.74) is -1.24. The van der Waals surface area contributed by atoms with Gasteiger partial charge in [0.2, 0.25) is 0 Å². The Morgan fingerprint density at radius 3 is 2.05 bits per heavy atom. The lowest BCUT2D eigenvalue weighted by molar-refractivity contribution is -0.157. The van der Waals surface area contributed by atoms with Gasteiger partial charge in [-0.1, -0.05) is 0 Å². The first kappa shape index (κ1) is 18.2. The molecule has 0 spiro atoms. The summed E-state index contributed by atoms with van der Waals surface area (Å²) in [7, 11) is 1.49. The lowest BCUT2D eigenvalue weighted by atomic mass is 9.92. The maximum Gasteiger partial charge on any atom is 0.401 e. The second-order valence-corrected chi connectivity index (χ2v) is 5.32. The Bertz CT molecular complexity index is 308. The Kier molecular flexibility index (Phi) is 6.28. The molecule has 0 aromatic carbocycles. The van der Waals surface area contributed by atoms with Gasteiger partial charge in [0.05, 0.1) is 6.54 Å². The molecule has 2 unspecified atom stereocenters. The molecule has 2 atom stereocenters. The molecule has 0 rings (SSSR count). The molecule has 7 heteroatoms. The van der Waals surface area contributed by atoms with Gasteiger partial charge in [0.1, 0.15) is 5.54 Å². The summed E-state index contributed by atoms with van der Waals surface area (Å²) in [4.78, 5) is 12.4. The van der Waals surface area contributed by atoms with Crippen molar-refractivity contribution in [2.45, 2.75) is 57.9 Å². The van der Waals surface area contributed by atoms with Crippen molar-refractivity contribution in [2.75, 3.05) is 13.6 Å². The number of hydrogen-bond donors (Lipinski definition) is 2. The molecular formula is C12H23F3N2O2. The van der Waals surface area contributed by atoms with E-state index in [-0.39, 0.29) is 12.5 Å². The Labute approximate surface area is 112 Å². The largest absolute Gasteiger partial charge is 0.480 e. The molecule has 0 radical (unpaired) electrons. The van der Waals surface area contributed by atoms with Crippen LogP contribution in [0.1, 0.15) is 34.1 Å². The molecular weight excluding hydrogens is 261 g/mol. The van der Waals surface area contributed by atoms with Gasteiger partial charge >= 0.3 is 12.1 Å². The van der Waals surface area contributed by atoms with Gasteiger partial charge in [0, 0.05) is 12.1 Å². The molecule has 0 saturated heterocycles. The Hall–Kier alpha value is -0.820. The van der Waals surface area contributed by atoms with Crippen molar-refractivity contribution in [3.05, 3.63) is 0 Å². The van der Waals surface area contributed by atoms with Crippen molar-refractivity contribution in [3.63, 3.8) is 0 Å². The Morgan fingerprint density at radius 1 is 1.32 bits per heavy atom. The second-order valence-electron chi connectivity index (χ2n) is 5.32. The van der Waals surface area contributed by atoms with Gasteiger partial charge in [0.25, 0.3) is 0 Å². The summed E-state index contributed by atoms with van der Waals surface area (Å²) in [6, 6.07) is -0.818. The third kappa shape index (κ3) is 5.78. The minimum Gasteiger partial charge on any atom is -0.480 e. The van der Waals surface area contributed by atoms with Crippen LogP contribution < -0.4 is 5.32 Å². The zero-order valence-corrected chi connectivity index (χ0v) is 12.0. The summed E-state index contributed by atoms with van der Waals surface area (Å²) in [5, 5.41) is 11.8. The van der Waals surface area contributed by atoms with Crippen molar-refractivity contribution in [1.29, 1.82) is 0 Å². The van der Waals surface area contributed by atoms with Crippen molar-refractivity contribution in [3.8, 4) is 0 Å². The third-order valence-electron chi connectivity index (χ3n) is 3.32. The molecule has 0 aliphatic carbocycles. The highest BCUT2D eigenvalue weighted by molar-refractivity contribution is 5.78. The van der Waals surface area contributed by atoms with E-state index in [1.807, 2.05) is 0 Å². The van der Waals surface area contributed by atoms with Crippen LogP contribution in [0, 0.1) is 0 Å². The van der Waals surface area contributed by atoms with Crippen LogP contribution in [0.25, 0.3) is 0 Å². The molecule has 4 nitrogen and oxygen atoms in total. The van der Waals surface area contributed by atoms with Gasteiger partial charge in [0.15, 0.2) is 0 Å². The molecule has 0 saturated carbocycles. The number of nitrogens with zero attached hydrogens (tertiary/aromatic N) is 1. The summed E-state index contributed by atoms with van der Waals surface area (Å²) in [5.74, 6) is -1.07.